The number of hydrogen-bond donors (Lipinski definition) is 1. The Labute approximate surface area is 122 Å². The first-order valence-corrected chi connectivity index (χ1v) is 7.06. The quantitative estimate of drug-likeness (QED) is 0.849. The van der Waals surface area contributed by atoms with Crippen LogP contribution in [0.2, 0.25) is 5.02 Å². The van der Waals surface area contributed by atoms with Gasteiger partial charge in [0.05, 0.1) is 5.56 Å². The van der Waals surface area contributed by atoms with Crippen molar-refractivity contribution in [1.29, 1.82) is 0 Å². The van der Waals surface area contributed by atoms with E-state index < -0.39 is 0 Å². The molecule has 0 bridgehead atoms. The van der Waals surface area contributed by atoms with Gasteiger partial charge in [0.1, 0.15) is 11.5 Å². The van der Waals surface area contributed by atoms with Gasteiger partial charge in [-0.05, 0) is 44.0 Å². The summed E-state index contributed by atoms with van der Waals surface area (Å²) < 4.78 is 5.45. The van der Waals surface area contributed by atoms with Crippen LogP contribution in [0.25, 0.3) is 0 Å². The smallest absolute Gasteiger partial charge is 0.171 e. The number of ketones is 1. The lowest BCUT2D eigenvalue weighted by Crippen LogP contribution is -2.30. The van der Waals surface area contributed by atoms with Crippen molar-refractivity contribution in [1.82, 2.24) is 0 Å². The Kier molecular flexibility index (Phi) is 3.30. The standard InChI is InChI=1S/C16H16ClNO2/c1-9-5-14(10(2)20-9)16(19)12-6-11-3-4-13(17)7-15(11)18-8-12/h3-5,7,12,18H,6,8H2,1-2H3. The SMILES string of the molecule is Cc1cc(C(=O)C2CNc3cc(Cl)ccc3C2)c(C)o1. The molecule has 0 spiro atoms. The molecule has 0 saturated heterocycles. The number of carbonyl (C=O) groups is 1. The molecule has 4 heteroatoms. The summed E-state index contributed by atoms with van der Waals surface area (Å²) in [7, 11) is 0. The zero-order valence-electron chi connectivity index (χ0n) is 11.5. The van der Waals surface area contributed by atoms with E-state index >= 15 is 0 Å². The van der Waals surface area contributed by atoms with E-state index in [2.05, 4.69) is 5.32 Å². The Morgan fingerprint density at radius 3 is 2.85 bits per heavy atom. The second-order valence-electron chi connectivity index (χ2n) is 5.27. The highest BCUT2D eigenvalue weighted by atomic mass is 35.5. The van der Waals surface area contributed by atoms with Crippen molar-refractivity contribution in [2.24, 2.45) is 5.92 Å². The van der Waals surface area contributed by atoms with E-state index in [1.165, 1.54) is 0 Å². The van der Waals surface area contributed by atoms with Gasteiger partial charge in [0.2, 0.25) is 0 Å². The highest BCUT2D eigenvalue weighted by molar-refractivity contribution is 6.30. The molecule has 1 unspecified atom stereocenters. The Bertz CT molecular complexity index is 675. The summed E-state index contributed by atoms with van der Waals surface area (Å²) in [4.78, 5) is 12.6. The van der Waals surface area contributed by atoms with Gasteiger partial charge in [0.25, 0.3) is 0 Å². The number of fused-ring (bicyclic) bond motifs is 1. The van der Waals surface area contributed by atoms with Crippen molar-refractivity contribution in [2.75, 3.05) is 11.9 Å². The molecule has 1 atom stereocenters. The fraction of sp³-hybridized carbons (Fsp3) is 0.312. The number of carbonyl (C=O) groups excluding carboxylic acids is 1. The van der Waals surface area contributed by atoms with Gasteiger partial charge in [-0.1, -0.05) is 17.7 Å². The summed E-state index contributed by atoms with van der Waals surface area (Å²) in [6, 6.07) is 7.58. The van der Waals surface area contributed by atoms with Gasteiger partial charge in [-0.15, -0.1) is 0 Å². The topological polar surface area (TPSA) is 42.2 Å². The summed E-state index contributed by atoms with van der Waals surface area (Å²) in [6.07, 6.45) is 0.738. The number of aryl methyl sites for hydroxylation is 2. The van der Waals surface area contributed by atoms with Crippen LogP contribution in [-0.4, -0.2) is 12.3 Å². The lowest BCUT2D eigenvalue weighted by molar-refractivity contribution is 0.0923. The van der Waals surface area contributed by atoms with E-state index in [-0.39, 0.29) is 11.7 Å². The van der Waals surface area contributed by atoms with Crippen LogP contribution in [0.15, 0.2) is 28.7 Å². The van der Waals surface area contributed by atoms with Crippen LogP contribution in [0.3, 0.4) is 0 Å². The number of furan rings is 1. The molecular formula is C16H16ClNO2. The van der Waals surface area contributed by atoms with Crippen LogP contribution in [-0.2, 0) is 6.42 Å². The molecule has 0 radical (unpaired) electrons. The minimum absolute atomic E-state index is 0.0561. The van der Waals surface area contributed by atoms with Gasteiger partial charge >= 0.3 is 0 Å². The van der Waals surface area contributed by atoms with E-state index in [4.69, 9.17) is 16.0 Å². The largest absolute Gasteiger partial charge is 0.466 e. The maximum Gasteiger partial charge on any atom is 0.171 e. The van der Waals surface area contributed by atoms with Gasteiger partial charge in [-0.3, -0.25) is 4.79 Å². The fourth-order valence-electron chi connectivity index (χ4n) is 2.74. The highest BCUT2D eigenvalue weighted by Crippen LogP contribution is 2.30. The van der Waals surface area contributed by atoms with Crippen molar-refractivity contribution >= 4 is 23.1 Å². The average molecular weight is 290 g/mol. The van der Waals surface area contributed by atoms with Crippen LogP contribution in [0.1, 0.15) is 27.4 Å². The van der Waals surface area contributed by atoms with Crippen LogP contribution in [0, 0.1) is 19.8 Å². The molecule has 1 aliphatic rings. The van der Waals surface area contributed by atoms with Crippen molar-refractivity contribution in [2.45, 2.75) is 20.3 Å². The molecular weight excluding hydrogens is 274 g/mol. The number of rotatable bonds is 2. The molecule has 1 N–H and O–H groups in total. The molecule has 104 valence electrons. The van der Waals surface area contributed by atoms with Crippen LogP contribution in [0.5, 0.6) is 0 Å². The highest BCUT2D eigenvalue weighted by Gasteiger charge is 2.27. The Morgan fingerprint density at radius 1 is 1.35 bits per heavy atom. The first-order valence-electron chi connectivity index (χ1n) is 6.68. The van der Waals surface area contributed by atoms with Crippen molar-refractivity contribution in [3.63, 3.8) is 0 Å². The fourth-order valence-corrected chi connectivity index (χ4v) is 2.91. The molecule has 0 amide bonds. The van der Waals surface area contributed by atoms with Crippen LogP contribution < -0.4 is 5.32 Å². The van der Waals surface area contributed by atoms with E-state index in [1.54, 1.807) is 0 Å². The maximum absolute atomic E-state index is 12.6. The van der Waals surface area contributed by atoms with Gasteiger partial charge in [-0.25, -0.2) is 0 Å². The van der Waals surface area contributed by atoms with Gasteiger partial charge in [0, 0.05) is 23.2 Å². The lowest BCUT2D eigenvalue weighted by atomic mass is 9.88. The summed E-state index contributed by atoms with van der Waals surface area (Å²) in [5, 5.41) is 4.01. The summed E-state index contributed by atoms with van der Waals surface area (Å²) >= 11 is 5.98. The van der Waals surface area contributed by atoms with Crippen LogP contribution in [0.4, 0.5) is 5.69 Å². The first-order chi connectivity index (χ1) is 9.54. The van der Waals surface area contributed by atoms with Crippen LogP contribution >= 0.6 is 11.6 Å². The molecule has 1 aliphatic heterocycles. The van der Waals surface area contributed by atoms with E-state index in [9.17, 15) is 4.79 Å². The first kappa shape index (κ1) is 13.3. The number of anilines is 1. The number of Topliss-reactive ketones (excluding diaryl/α,β-unsaturated/α-hetero) is 1. The van der Waals surface area contributed by atoms with Gasteiger partial charge < -0.3 is 9.73 Å². The molecule has 2 heterocycles. The van der Waals surface area contributed by atoms with Gasteiger partial charge in [0.15, 0.2) is 5.78 Å². The number of benzene rings is 1. The number of hydrogen-bond acceptors (Lipinski definition) is 3. The van der Waals surface area contributed by atoms with Gasteiger partial charge in [-0.2, -0.15) is 0 Å². The average Bonchev–Trinajstić information content (AvgIpc) is 2.76. The number of halogens is 1. The van der Waals surface area contributed by atoms with Crippen molar-refractivity contribution in [3.8, 4) is 0 Å². The Balaban J connectivity index is 1.85. The molecule has 0 aliphatic carbocycles. The van der Waals surface area contributed by atoms with E-state index in [0.717, 1.165) is 23.4 Å². The summed E-state index contributed by atoms with van der Waals surface area (Å²) in [5.41, 5.74) is 2.87. The number of nitrogens with one attached hydrogen (secondary N) is 1. The zero-order valence-corrected chi connectivity index (χ0v) is 12.3. The monoisotopic (exact) mass is 289 g/mol. The molecule has 0 saturated carbocycles. The van der Waals surface area contributed by atoms with Crippen molar-refractivity contribution < 1.29 is 9.21 Å². The summed E-state index contributed by atoms with van der Waals surface area (Å²) in [5.74, 6) is 1.57. The molecule has 0 fully saturated rings. The molecule has 1 aromatic carbocycles. The van der Waals surface area contributed by atoms with E-state index in [0.29, 0.717) is 22.9 Å². The third-order valence-electron chi connectivity index (χ3n) is 3.75. The second-order valence-corrected chi connectivity index (χ2v) is 5.71. The third kappa shape index (κ3) is 2.34. The molecule has 3 nitrogen and oxygen atoms in total. The Hall–Kier alpha value is -1.74. The zero-order chi connectivity index (χ0) is 14.3. The predicted molar refractivity (Wildman–Crippen MR) is 79.6 cm³/mol. The second kappa shape index (κ2) is 4.98. The maximum atomic E-state index is 12.6. The normalized spacial score (nSPS) is 17.4. The lowest BCUT2D eigenvalue weighted by Gasteiger charge is -2.25. The predicted octanol–water partition coefficient (Wildman–Crippen LogP) is 4.02. The summed E-state index contributed by atoms with van der Waals surface area (Å²) in [6.45, 7) is 4.33. The molecule has 2 aromatic rings. The molecule has 3 rings (SSSR count). The third-order valence-corrected chi connectivity index (χ3v) is 3.99. The Morgan fingerprint density at radius 2 is 2.15 bits per heavy atom. The minimum Gasteiger partial charge on any atom is -0.466 e. The van der Waals surface area contributed by atoms with E-state index in [1.807, 2.05) is 38.1 Å². The minimum atomic E-state index is -0.0561. The van der Waals surface area contributed by atoms with Crippen molar-refractivity contribution in [3.05, 3.63) is 51.9 Å². The molecule has 1 aromatic heterocycles. The molecule has 20 heavy (non-hydrogen) atoms.